The second-order valence-electron chi connectivity index (χ2n) is 2.19. The number of pyridine rings is 1. The van der Waals surface area contributed by atoms with Crippen molar-refractivity contribution in [2.75, 3.05) is 0 Å². The fourth-order valence-electron chi connectivity index (χ4n) is 0.688. The van der Waals surface area contributed by atoms with Crippen LogP contribution in [0, 0.1) is 0 Å². The molecule has 0 aliphatic rings. The monoisotopic (exact) mass is 180 g/mol. The normalized spacial score (nSPS) is 8.92. The van der Waals surface area contributed by atoms with Crippen LogP contribution in [-0.4, -0.2) is 16.9 Å². The number of aromatic nitrogens is 1. The topological polar surface area (TPSA) is 97.1 Å². The van der Waals surface area contributed by atoms with Crippen LogP contribution in [0.5, 0.6) is 0 Å². The van der Waals surface area contributed by atoms with Crippen molar-refractivity contribution in [2.24, 2.45) is 5.73 Å². The molecule has 0 saturated heterocycles. The first-order valence-electron chi connectivity index (χ1n) is 3.46. The molecule has 0 bridgehead atoms. The average Bonchev–Trinajstić information content (AvgIpc) is 2.15. The highest BCUT2D eigenvalue weighted by Crippen LogP contribution is 1.93. The summed E-state index contributed by atoms with van der Waals surface area (Å²) in [6.07, 6.45) is 2.91. The van der Waals surface area contributed by atoms with E-state index < -0.39 is 11.9 Å². The van der Waals surface area contributed by atoms with Gasteiger partial charge in [0.05, 0.1) is 5.56 Å². The van der Waals surface area contributed by atoms with E-state index >= 15 is 0 Å². The molecule has 6 heteroatoms. The Morgan fingerprint density at radius 2 is 2.15 bits per heavy atom. The third-order valence-corrected chi connectivity index (χ3v) is 1.22. The van der Waals surface area contributed by atoms with Gasteiger partial charge in [-0.2, -0.15) is 0 Å². The first kappa shape index (κ1) is 8.98. The number of carbonyl (C=O) groups excluding carboxylic acids is 2. The van der Waals surface area contributed by atoms with E-state index in [0.717, 1.165) is 0 Å². The largest absolute Gasteiger partial charge is 0.350 e. The minimum absolute atomic E-state index is 0.344. The number of primary amides is 1. The van der Waals surface area contributed by atoms with Gasteiger partial charge in [0.2, 0.25) is 0 Å². The minimum atomic E-state index is -0.822. The Balaban J connectivity index is 2.54. The van der Waals surface area contributed by atoms with Gasteiger partial charge >= 0.3 is 6.03 Å². The Kier molecular flexibility index (Phi) is 2.80. The summed E-state index contributed by atoms with van der Waals surface area (Å²) in [4.78, 5) is 25.1. The summed E-state index contributed by atoms with van der Waals surface area (Å²) in [7, 11) is 0. The van der Waals surface area contributed by atoms with E-state index in [4.69, 9.17) is 5.73 Å². The van der Waals surface area contributed by atoms with Gasteiger partial charge in [-0.25, -0.2) is 10.2 Å². The van der Waals surface area contributed by atoms with Crippen LogP contribution in [0.25, 0.3) is 0 Å². The summed E-state index contributed by atoms with van der Waals surface area (Å²) in [6.45, 7) is 0. The number of hydrogen-bond donors (Lipinski definition) is 3. The Morgan fingerprint density at radius 3 is 2.69 bits per heavy atom. The number of nitrogens with one attached hydrogen (secondary N) is 2. The van der Waals surface area contributed by atoms with Crippen LogP contribution in [-0.2, 0) is 0 Å². The average molecular weight is 180 g/mol. The van der Waals surface area contributed by atoms with Crippen molar-refractivity contribution in [3.8, 4) is 0 Å². The standard InChI is InChI=1S/C7H8N4O2/c8-7(13)11-10-6(12)5-2-1-3-9-4-5/h1-4H,(H,10,12)(H3,8,11,13). The van der Waals surface area contributed by atoms with Gasteiger partial charge in [0, 0.05) is 12.4 Å². The molecule has 13 heavy (non-hydrogen) atoms. The third kappa shape index (κ3) is 2.78. The Hall–Kier alpha value is -2.11. The van der Waals surface area contributed by atoms with E-state index in [-0.39, 0.29) is 0 Å². The highest BCUT2D eigenvalue weighted by atomic mass is 16.2. The number of nitrogens with two attached hydrogens (primary N) is 1. The number of amides is 3. The number of nitrogens with zero attached hydrogens (tertiary/aromatic N) is 1. The zero-order valence-electron chi connectivity index (χ0n) is 6.65. The lowest BCUT2D eigenvalue weighted by Crippen LogP contribution is -2.44. The predicted octanol–water partition coefficient (Wildman–Crippen LogP) is -0.605. The van der Waals surface area contributed by atoms with Crippen molar-refractivity contribution < 1.29 is 9.59 Å². The molecule has 0 atom stereocenters. The molecule has 1 heterocycles. The highest BCUT2D eigenvalue weighted by molar-refractivity contribution is 5.94. The summed E-state index contributed by atoms with van der Waals surface area (Å²) >= 11 is 0. The molecule has 0 radical (unpaired) electrons. The second kappa shape index (κ2) is 4.05. The third-order valence-electron chi connectivity index (χ3n) is 1.22. The fourth-order valence-corrected chi connectivity index (χ4v) is 0.688. The van der Waals surface area contributed by atoms with E-state index in [1.807, 2.05) is 5.43 Å². The van der Waals surface area contributed by atoms with E-state index in [0.29, 0.717) is 5.56 Å². The van der Waals surface area contributed by atoms with Gasteiger partial charge in [0.15, 0.2) is 0 Å². The van der Waals surface area contributed by atoms with E-state index in [9.17, 15) is 9.59 Å². The van der Waals surface area contributed by atoms with Gasteiger partial charge in [0.25, 0.3) is 5.91 Å². The molecule has 0 spiro atoms. The maximum absolute atomic E-state index is 11.1. The van der Waals surface area contributed by atoms with Gasteiger partial charge in [-0.15, -0.1) is 0 Å². The molecule has 1 aromatic heterocycles. The Bertz CT molecular complexity index is 312. The number of rotatable bonds is 1. The quantitative estimate of drug-likeness (QED) is 0.503. The molecule has 0 aliphatic heterocycles. The molecule has 0 unspecified atom stereocenters. The molecular weight excluding hydrogens is 172 g/mol. The van der Waals surface area contributed by atoms with Crippen molar-refractivity contribution in [1.82, 2.24) is 15.8 Å². The molecule has 0 fully saturated rings. The SMILES string of the molecule is NC(=O)NNC(=O)c1cccnc1. The fraction of sp³-hybridized carbons (Fsp3) is 0. The number of hydrazine groups is 1. The van der Waals surface area contributed by atoms with Crippen molar-refractivity contribution in [3.05, 3.63) is 30.1 Å². The van der Waals surface area contributed by atoms with Gasteiger partial charge in [-0.3, -0.25) is 15.2 Å². The molecule has 0 saturated carbocycles. The lowest BCUT2D eigenvalue weighted by Gasteiger charge is -2.03. The van der Waals surface area contributed by atoms with Crippen LogP contribution in [0.1, 0.15) is 10.4 Å². The van der Waals surface area contributed by atoms with Crippen LogP contribution >= 0.6 is 0 Å². The van der Waals surface area contributed by atoms with Crippen molar-refractivity contribution in [1.29, 1.82) is 0 Å². The van der Waals surface area contributed by atoms with E-state index in [1.165, 1.54) is 12.4 Å². The molecule has 0 aliphatic carbocycles. The van der Waals surface area contributed by atoms with Crippen molar-refractivity contribution in [3.63, 3.8) is 0 Å². The lowest BCUT2D eigenvalue weighted by atomic mass is 10.3. The zero-order valence-corrected chi connectivity index (χ0v) is 6.65. The van der Waals surface area contributed by atoms with Gasteiger partial charge < -0.3 is 5.73 Å². The minimum Gasteiger partial charge on any atom is -0.350 e. The first-order chi connectivity index (χ1) is 6.20. The van der Waals surface area contributed by atoms with Gasteiger partial charge in [-0.1, -0.05) is 0 Å². The van der Waals surface area contributed by atoms with Crippen molar-refractivity contribution in [2.45, 2.75) is 0 Å². The molecule has 4 N–H and O–H groups in total. The maximum Gasteiger partial charge on any atom is 0.330 e. The smallest absolute Gasteiger partial charge is 0.330 e. The molecule has 1 rings (SSSR count). The van der Waals surface area contributed by atoms with E-state index in [1.54, 1.807) is 12.1 Å². The maximum atomic E-state index is 11.1. The van der Waals surface area contributed by atoms with Crippen LogP contribution in [0.4, 0.5) is 4.79 Å². The van der Waals surface area contributed by atoms with Crippen LogP contribution in [0.2, 0.25) is 0 Å². The van der Waals surface area contributed by atoms with Crippen molar-refractivity contribution >= 4 is 11.9 Å². The highest BCUT2D eigenvalue weighted by Gasteiger charge is 2.03. The summed E-state index contributed by atoms with van der Waals surface area (Å²) in [6, 6.07) is 2.35. The first-order valence-corrected chi connectivity index (χ1v) is 3.46. The Labute approximate surface area is 74.1 Å². The lowest BCUT2D eigenvalue weighted by molar-refractivity contribution is 0.0937. The summed E-state index contributed by atoms with van der Waals surface area (Å²) in [5.74, 6) is -0.466. The molecule has 1 aromatic rings. The van der Waals surface area contributed by atoms with Gasteiger partial charge in [-0.05, 0) is 12.1 Å². The molecular formula is C7H8N4O2. The van der Waals surface area contributed by atoms with E-state index in [2.05, 4.69) is 10.4 Å². The van der Waals surface area contributed by atoms with Crippen LogP contribution < -0.4 is 16.6 Å². The Morgan fingerprint density at radius 1 is 1.38 bits per heavy atom. The number of urea groups is 1. The predicted molar refractivity (Wildman–Crippen MR) is 44.4 cm³/mol. The molecule has 3 amide bonds. The summed E-state index contributed by atoms with van der Waals surface area (Å²) in [5, 5.41) is 0. The van der Waals surface area contributed by atoms with Crippen LogP contribution in [0.3, 0.4) is 0 Å². The zero-order chi connectivity index (χ0) is 9.68. The number of carbonyl (C=O) groups is 2. The molecule has 6 nitrogen and oxygen atoms in total. The second-order valence-corrected chi connectivity index (χ2v) is 2.19. The molecule has 0 aromatic carbocycles. The van der Waals surface area contributed by atoms with Crippen LogP contribution in [0.15, 0.2) is 24.5 Å². The molecule has 68 valence electrons. The van der Waals surface area contributed by atoms with Gasteiger partial charge in [0.1, 0.15) is 0 Å². The summed E-state index contributed by atoms with van der Waals surface area (Å²) in [5.41, 5.74) is 9.13. The number of hydrogen-bond acceptors (Lipinski definition) is 3. The summed E-state index contributed by atoms with van der Waals surface area (Å²) < 4.78 is 0.